The van der Waals surface area contributed by atoms with Gasteiger partial charge in [0.1, 0.15) is 5.76 Å². The van der Waals surface area contributed by atoms with Crippen molar-refractivity contribution in [3.05, 3.63) is 30.5 Å². The molecule has 0 bridgehead atoms. The van der Waals surface area contributed by atoms with Crippen molar-refractivity contribution in [3.8, 4) is 5.88 Å². The minimum Gasteiger partial charge on any atom is -0.491 e. The van der Waals surface area contributed by atoms with Crippen molar-refractivity contribution in [2.75, 3.05) is 0 Å². The fourth-order valence-corrected chi connectivity index (χ4v) is 1.43. The molecular formula is C10H13N3O2. The number of nitrogens with zero attached hydrogens (tertiary/aromatic N) is 3. The second-order valence-corrected chi connectivity index (χ2v) is 3.41. The molecule has 5 heteroatoms. The highest BCUT2D eigenvalue weighted by atomic mass is 16.5. The van der Waals surface area contributed by atoms with Gasteiger partial charge in [-0.3, -0.25) is 0 Å². The van der Waals surface area contributed by atoms with Gasteiger partial charge in [-0.15, -0.1) is 0 Å². The first-order valence-electron chi connectivity index (χ1n) is 4.95. The zero-order chi connectivity index (χ0) is 10.5. The molecule has 0 aliphatic heterocycles. The number of unbranched alkanes of at least 4 members (excludes halogenated alkanes) is 1. The molecule has 15 heavy (non-hydrogen) atoms. The first kappa shape index (κ1) is 9.76. The number of imidazole rings is 1. The smallest absolute Gasteiger partial charge is 0.251 e. The lowest BCUT2D eigenvalue weighted by molar-refractivity contribution is 0.339. The molecule has 0 aliphatic rings. The first-order chi connectivity index (χ1) is 7.34. The van der Waals surface area contributed by atoms with E-state index in [-0.39, 0.29) is 5.88 Å². The molecule has 0 spiro atoms. The molecule has 1 N–H and O–H groups in total. The zero-order valence-electron chi connectivity index (χ0n) is 8.33. The Hall–Kier alpha value is -1.78. The predicted molar refractivity (Wildman–Crippen MR) is 53.3 cm³/mol. The molecule has 0 fully saturated rings. The van der Waals surface area contributed by atoms with Gasteiger partial charge in [0.05, 0.1) is 6.33 Å². The Kier molecular flexibility index (Phi) is 3.02. The standard InChI is InChI=1S/C10H13N3O2/c14-10-7-9(15-12-10)3-1-2-5-13-6-4-11-8-13/h4,6-8H,1-3,5H2,(H,12,14). The molecule has 2 aromatic heterocycles. The van der Waals surface area contributed by atoms with Gasteiger partial charge in [0.25, 0.3) is 5.88 Å². The topological polar surface area (TPSA) is 64.1 Å². The van der Waals surface area contributed by atoms with Crippen molar-refractivity contribution in [1.29, 1.82) is 0 Å². The normalized spacial score (nSPS) is 10.7. The van der Waals surface area contributed by atoms with Crippen molar-refractivity contribution in [3.63, 3.8) is 0 Å². The van der Waals surface area contributed by atoms with E-state index >= 15 is 0 Å². The third kappa shape index (κ3) is 2.83. The van der Waals surface area contributed by atoms with E-state index in [0.29, 0.717) is 0 Å². The fourth-order valence-electron chi connectivity index (χ4n) is 1.43. The van der Waals surface area contributed by atoms with Crippen LogP contribution in [0.1, 0.15) is 18.6 Å². The summed E-state index contributed by atoms with van der Waals surface area (Å²) in [5, 5.41) is 12.4. The fraction of sp³-hybridized carbons (Fsp3) is 0.400. The lowest BCUT2D eigenvalue weighted by atomic mass is 10.2. The third-order valence-corrected chi connectivity index (χ3v) is 2.20. The van der Waals surface area contributed by atoms with Gasteiger partial charge in [-0.25, -0.2) is 4.98 Å². The van der Waals surface area contributed by atoms with E-state index in [9.17, 15) is 0 Å². The second-order valence-electron chi connectivity index (χ2n) is 3.41. The van der Waals surface area contributed by atoms with Crippen LogP contribution in [0.25, 0.3) is 0 Å². The minimum absolute atomic E-state index is 0.0420. The van der Waals surface area contributed by atoms with Gasteiger partial charge >= 0.3 is 0 Å². The van der Waals surface area contributed by atoms with E-state index in [1.807, 2.05) is 10.8 Å². The van der Waals surface area contributed by atoms with E-state index in [1.54, 1.807) is 18.6 Å². The highest BCUT2D eigenvalue weighted by molar-refractivity contribution is 5.08. The highest BCUT2D eigenvalue weighted by Gasteiger charge is 2.01. The third-order valence-electron chi connectivity index (χ3n) is 2.20. The number of rotatable bonds is 5. The maximum Gasteiger partial charge on any atom is 0.251 e. The van der Waals surface area contributed by atoms with E-state index in [2.05, 4.69) is 10.1 Å². The summed E-state index contributed by atoms with van der Waals surface area (Å²) in [5.74, 6) is 0.692. The van der Waals surface area contributed by atoms with Crippen LogP contribution in [0.3, 0.4) is 0 Å². The maximum atomic E-state index is 8.94. The van der Waals surface area contributed by atoms with Gasteiger partial charge in [0.15, 0.2) is 0 Å². The Morgan fingerprint density at radius 3 is 3.00 bits per heavy atom. The summed E-state index contributed by atoms with van der Waals surface area (Å²) in [6.45, 7) is 0.958. The summed E-state index contributed by atoms with van der Waals surface area (Å²) in [5.41, 5.74) is 0. The molecule has 0 atom stereocenters. The number of aromatic hydroxyl groups is 1. The monoisotopic (exact) mass is 207 g/mol. The van der Waals surface area contributed by atoms with E-state index in [4.69, 9.17) is 9.63 Å². The van der Waals surface area contributed by atoms with E-state index in [1.165, 1.54) is 0 Å². The summed E-state index contributed by atoms with van der Waals surface area (Å²) in [7, 11) is 0. The quantitative estimate of drug-likeness (QED) is 0.756. The molecule has 0 radical (unpaired) electrons. The number of hydrogen-bond donors (Lipinski definition) is 1. The van der Waals surface area contributed by atoms with Crippen LogP contribution in [0.15, 0.2) is 29.3 Å². The van der Waals surface area contributed by atoms with Gasteiger partial charge in [-0.1, -0.05) is 0 Å². The molecule has 5 nitrogen and oxygen atoms in total. The average molecular weight is 207 g/mol. The first-order valence-corrected chi connectivity index (χ1v) is 4.95. The molecule has 2 heterocycles. The van der Waals surface area contributed by atoms with Crippen LogP contribution < -0.4 is 0 Å². The molecule has 0 saturated heterocycles. The van der Waals surface area contributed by atoms with Crippen molar-refractivity contribution >= 4 is 0 Å². The number of aryl methyl sites for hydroxylation is 2. The van der Waals surface area contributed by atoms with Crippen LogP contribution in [-0.4, -0.2) is 19.8 Å². The van der Waals surface area contributed by atoms with E-state index in [0.717, 1.165) is 31.6 Å². The van der Waals surface area contributed by atoms with Crippen molar-refractivity contribution in [2.24, 2.45) is 0 Å². The molecule has 0 aliphatic carbocycles. The lowest BCUT2D eigenvalue weighted by Crippen LogP contribution is -1.95. The van der Waals surface area contributed by atoms with Crippen molar-refractivity contribution in [1.82, 2.24) is 14.7 Å². The minimum atomic E-state index is -0.0420. The molecule has 0 unspecified atom stereocenters. The van der Waals surface area contributed by atoms with Crippen molar-refractivity contribution in [2.45, 2.75) is 25.8 Å². The molecule has 2 aromatic rings. The molecule has 0 amide bonds. The second kappa shape index (κ2) is 4.63. The zero-order valence-corrected chi connectivity index (χ0v) is 8.33. The Bertz CT molecular complexity index is 394. The maximum absolute atomic E-state index is 8.94. The Labute approximate surface area is 87.3 Å². The SMILES string of the molecule is Oc1cc(CCCCn2ccnc2)on1. The Balaban J connectivity index is 1.67. The van der Waals surface area contributed by atoms with Gasteiger partial charge in [0.2, 0.25) is 0 Å². The molecule has 2 rings (SSSR count). The van der Waals surface area contributed by atoms with Gasteiger partial charge in [0, 0.05) is 31.4 Å². The summed E-state index contributed by atoms with van der Waals surface area (Å²) >= 11 is 0. The van der Waals surface area contributed by atoms with Gasteiger partial charge < -0.3 is 14.2 Å². The van der Waals surface area contributed by atoms with Crippen LogP contribution in [0, 0.1) is 0 Å². The Morgan fingerprint density at radius 1 is 1.40 bits per heavy atom. The average Bonchev–Trinajstić information content (AvgIpc) is 2.84. The molecular weight excluding hydrogens is 194 g/mol. The van der Waals surface area contributed by atoms with Crippen LogP contribution in [0.2, 0.25) is 0 Å². The summed E-state index contributed by atoms with van der Waals surface area (Å²) in [4.78, 5) is 3.96. The number of hydrogen-bond acceptors (Lipinski definition) is 4. The summed E-state index contributed by atoms with van der Waals surface area (Å²) < 4.78 is 6.92. The molecule has 0 aromatic carbocycles. The lowest BCUT2D eigenvalue weighted by Gasteiger charge is -1.99. The van der Waals surface area contributed by atoms with E-state index < -0.39 is 0 Å². The van der Waals surface area contributed by atoms with Crippen LogP contribution in [0.4, 0.5) is 0 Å². The highest BCUT2D eigenvalue weighted by Crippen LogP contribution is 2.11. The largest absolute Gasteiger partial charge is 0.491 e. The Morgan fingerprint density at radius 2 is 2.33 bits per heavy atom. The van der Waals surface area contributed by atoms with Crippen molar-refractivity contribution < 1.29 is 9.63 Å². The summed E-state index contributed by atoms with van der Waals surface area (Å²) in [6.07, 6.45) is 8.39. The summed E-state index contributed by atoms with van der Waals surface area (Å²) in [6, 6.07) is 1.55. The van der Waals surface area contributed by atoms with Crippen LogP contribution in [0.5, 0.6) is 5.88 Å². The predicted octanol–water partition coefficient (Wildman–Crippen LogP) is 1.60. The van der Waals surface area contributed by atoms with Crippen LogP contribution in [-0.2, 0) is 13.0 Å². The number of aromatic nitrogens is 3. The van der Waals surface area contributed by atoms with Gasteiger partial charge in [-0.2, -0.15) is 0 Å². The molecule has 0 saturated carbocycles. The van der Waals surface area contributed by atoms with Crippen LogP contribution >= 0.6 is 0 Å². The van der Waals surface area contributed by atoms with Gasteiger partial charge in [-0.05, 0) is 18.0 Å². The molecule has 80 valence electrons.